The number of likely N-dealkylation sites (N-methyl/N-ethyl adjacent to an activating group) is 1. The molecular formula is C34H31F2IN6O3S. The summed E-state index contributed by atoms with van der Waals surface area (Å²) < 4.78 is 43.1. The molecule has 242 valence electrons. The molecule has 1 amide bonds. The van der Waals surface area contributed by atoms with Gasteiger partial charge < -0.3 is 29.2 Å². The second kappa shape index (κ2) is 14.2. The largest absolute Gasteiger partial charge is 0.493 e. The first-order chi connectivity index (χ1) is 22.7. The zero-order valence-electron chi connectivity index (χ0n) is 25.8. The van der Waals surface area contributed by atoms with Crippen LogP contribution < -0.4 is 15.0 Å². The van der Waals surface area contributed by atoms with Crippen LogP contribution in [-0.2, 0) is 16.1 Å². The van der Waals surface area contributed by atoms with Gasteiger partial charge in [-0.1, -0.05) is 22.6 Å². The standard InChI is InChI=1S/C34H31F2IN6O3S/c1-4-45-28-12-14-43(23-8-5-21(35)6-9-23)33(37)31(28)34(44)40-22-7-10-27(24(36)17-22)46-29-11-13-38-25-18-30(47-32(25)29)26-19-42(20-39-26)16-15-41(2)3/h5-14,17-20,33H,4,15-16H2,1-3H3,(H,40,44). The number of alkyl halides is 1. The summed E-state index contributed by atoms with van der Waals surface area (Å²) in [4.78, 5) is 27.5. The summed E-state index contributed by atoms with van der Waals surface area (Å²) in [6, 6.07) is 13.9. The highest BCUT2D eigenvalue weighted by molar-refractivity contribution is 14.1. The number of imidazole rings is 1. The number of nitrogens with zero attached hydrogens (tertiary/aromatic N) is 5. The number of carbonyl (C=O) groups excluding carboxylic acids is 1. The molecule has 1 atom stereocenters. The van der Waals surface area contributed by atoms with E-state index in [0.29, 0.717) is 29.4 Å². The number of anilines is 2. The van der Waals surface area contributed by atoms with E-state index in [-0.39, 0.29) is 17.3 Å². The topological polar surface area (TPSA) is 84.7 Å². The molecular weight excluding hydrogens is 737 g/mol. The minimum Gasteiger partial charge on any atom is -0.493 e. The normalized spacial score (nSPS) is 14.7. The number of pyridine rings is 1. The number of ether oxygens (including phenoxy) is 2. The van der Waals surface area contributed by atoms with Crippen molar-refractivity contribution in [1.82, 2.24) is 19.4 Å². The van der Waals surface area contributed by atoms with Crippen molar-refractivity contribution in [2.75, 3.05) is 37.5 Å². The Balaban J connectivity index is 1.19. The number of hydrogen-bond acceptors (Lipinski definition) is 8. The van der Waals surface area contributed by atoms with Gasteiger partial charge in [-0.3, -0.25) is 9.78 Å². The molecule has 1 N–H and O–H groups in total. The van der Waals surface area contributed by atoms with Crippen LogP contribution in [0.2, 0.25) is 0 Å². The molecule has 1 unspecified atom stereocenters. The van der Waals surface area contributed by atoms with Gasteiger partial charge in [0.05, 0.1) is 39.3 Å². The van der Waals surface area contributed by atoms with Crippen molar-refractivity contribution in [3.8, 4) is 22.1 Å². The first kappa shape index (κ1) is 32.6. The number of rotatable bonds is 11. The van der Waals surface area contributed by atoms with Gasteiger partial charge >= 0.3 is 0 Å². The Morgan fingerprint density at radius 1 is 1.09 bits per heavy atom. The second-order valence-electron chi connectivity index (χ2n) is 10.9. The van der Waals surface area contributed by atoms with Gasteiger partial charge in [-0.15, -0.1) is 11.3 Å². The van der Waals surface area contributed by atoms with E-state index in [4.69, 9.17) is 9.47 Å². The van der Waals surface area contributed by atoms with Crippen molar-refractivity contribution >= 4 is 61.4 Å². The highest BCUT2D eigenvalue weighted by Crippen LogP contribution is 2.39. The molecule has 0 bridgehead atoms. The Hall–Kier alpha value is -4.34. The highest BCUT2D eigenvalue weighted by atomic mass is 127. The molecule has 0 fully saturated rings. The van der Waals surface area contributed by atoms with E-state index in [1.54, 1.807) is 42.7 Å². The third-order valence-electron chi connectivity index (χ3n) is 7.28. The molecule has 0 radical (unpaired) electrons. The van der Waals surface area contributed by atoms with Crippen molar-refractivity contribution in [1.29, 1.82) is 0 Å². The molecule has 13 heteroatoms. The average molecular weight is 769 g/mol. The fourth-order valence-electron chi connectivity index (χ4n) is 4.93. The summed E-state index contributed by atoms with van der Waals surface area (Å²) in [6.07, 6.45) is 8.90. The van der Waals surface area contributed by atoms with Crippen molar-refractivity contribution in [3.63, 3.8) is 0 Å². The maximum Gasteiger partial charge on any atom is 0.258 e. The molecule has 9 nitrogen and oxygen atoms in total. The molecule has 1 aliphatic rings. The lowest BCUT2D eigenvalue weighted by molar-refractivity contribution is -0.113. The molecule has 0 aliphatic carbocycles. The van der Waals surface area contributed by atoms with Gasteiger partial charge in [-0.25, -0.2) is 13.8 Å². The molecule has 2 aromatic carbocycles. The van der Waals surface area contributed by atoms with Gasteiger partial charge in [0.1, 0.15) is 21.4 Å². The first-order valence-corrected chi connectivity index (χ1v) is 16.8. The van der Waals surface area contributed by atoms with Gasteiger partial charge in [0.2, 0.25) is 0 Å². The van der Waals surface area contributed by atoms with Gasteiger partial charge in [0.15, 0.2) is 11.6 Å². The second-order valence-corrected chi connectivity index (χ2v) is 13.1. The smallest absolute Gasteiger partial charge is 0.258 e. The van der Waals surface area contributed by atoms with Crippen molar-refractivity contribution in [2.24, 2.45) is 0 Å². The molecule has 0 saturated heterocycles. The Kier molecular flexibility index (Phi) is 9.84. The van der Waals surface area contributed by atoms with E-state index >= 15 is 4.39 Å². The van der Waals surface area contributed by atoms with Crippen LogP contribution in [0.3, 0.4) is 0 Å². The number of allylic oxidation sites excluding steroid dienone is 1. The van der Waals surface area contributed by atoms with Crippen LogP contribution in [0.15, 0.2) is 96.9 Å². The summed E-state index contributed by atoms with van der Waals surface area (Å²) in [5.41, 5.74) is 2.84. The van der Waals surface area contributed by atoms with Gasteiger partial charge in [0, 0.05) is 55.2 Å². The van der Waals surface area contributed by atoms with Crippen molar-refractivity contribution in [3.05, 3.63) is 109 Å². The molecule has 0 spiro atoms. The fraction of sp³-hybridized carbons (Fsp3) is 0.206. The number of fused-ring (bicyclic) bond motifs is 1. The summed E-state index contributed by atoms with van der Waals surface area (Å²) in [5.74, 6) is -0.592. The molecule has 6 rings (SSSR count). The van der Waals surface area contributed by atoms with Gasteiger partial charge in [-0.2, -0.15) is 0 Å². The molecule has 5 aromatic rings. The zero-order valence-corrected chi connectivity index (χ0v) is 28.8. The number of thiophene rings is 1. The third-order valence-corrected chi connectivity index (χ3v) is 9.66. The summed E-state index contributed by atoms with van der Waals surface area (Å²) in [6.45, 7) is 3.90. The first-order valence-electron chi connectivity index (χ1n) is 14.8. The maximum atomic E-state index is 15.4. The summed E-state index contributed by atoms with van der Waals surface area (Å²) in [5, 5.41) is 2.79. The number of aromatic nitrogens is 3. The fourth-order valence-corrected chi connectivity index (χ4v) is 7.05. The Labute approximate surface area is 288 Å². The van der Waals surface area contributed by atoms with Crippen LogP contribution in [-0.4, -0.2) is 56.6 Å². The van der Waals surface area contributed by atoms with Gasteiger partial charge in [0.25, 0.3) is 5.91 Å². The predicted molar refractivity (Wildman–Crippen MR) is 189 cm³/mol. The van der Waals surface area contributed by atoms with Crippen LogP contribution >= 0.6 is 33.9 Å². The Morgan fingerprint density at radius 2 is 1.89 bits per heavy atom. The number of halogens is 3. The number of hydrogen-bond donors (Lipinski definition) is 1. The lowest BCUT2D eigenvalue weighted by Crippen LogP contribution is -2.36. The van der Waals surface area contributed by atoms with Crippen LogP contribution in [0.5, 0.6) is 11.5 Å². The lowest BCUT2D eigenvalue weighted by atomic mass is 10.1. The van der Waals surface area contributed by atoms with Crippen LogP contribution in [0.1, 0.15) is 6.92 Å². The van der Waals surface area contributed by atoms with E-state index in [1.807, 2.05) is 49.1 Å². The van der Waals surface area contributed by atoms with E-state index in [9.17, 15) is 9.18 Å². The predicted octanol–water partition coefficient (Wildman–Crippen LogP) is 7.82. The van der Waals surface area contributed by atoms with E-state index in [2.05, 4.69) is 42.8 Å². The van der Waals surface area contributed by atoms with E-state index in [0.717, 1.165) is 33.9 Å². The van der Waals surface area contributed by atoms with E-state index in [1.165, 1.54) is 35.6 Å². The Morgan fingerprint density at radius 3 is 2.64 bits per heavy atom. The maximum absolute atomic E-state index is 15.4. The van der Waals surface area contributed by atoms with Crippen molar-refractivity contribution < 1.29 is 23.0 Å². The lowest BCUT2D eigenvalue weighted by Gasteiger charge is -2.32. The summed E-state index contributed by atoms with van der Waals surface area (Å²) >= 11 is 3.60. The summed E-state index contributed by atoms with van der Waals surface area (Å²) in [7, 11) is 4.06. The quantitative estimate of drug-likeness (QED) is 0.0834. The van der Waals surface area contributed by atoms with Crippen LogP contribution in [0.4, 0.5) is 20.2 Å². The number of benzene rings is 2. The molecule has 3 aromatic heterocycles. The zero-order chi connectivity index (χ0) is 33.1. The number of carbonyl (C=O) groups is 1. The van der Waals surface area contributed by atoms with Crippen LogP contribution in [0, 0.1) is 11.6 Å². The molecule has 1 aliphatic heterocycles. The number of amides is 1. The SMILES string of the molecule is CCOC1=C(C(=O)Nc2ccc(Oc3ccnc4cc(-c5cn(CCN(C)C)cn5)sc34)c(F)c2)C(I)N(c2ccc(F)cc2)C=C1. The monoisotopic (exact) mass is 768 g/mol. The minimum atomic E-state index is -0.648. The van der Waals surface area contributed by atoms with E-state index < -0.39 is 15.8 Å². The molecule has 0 saturated carbocycles. The third kappa shape index (κ3) is 7.31. The van der Waals surface area contributed by atoms with Gasteiger partial charge in [-0.05, 0) is 69.6 Å². The van der Waals surface area contributed by atoms with Crippen molar-refractivity contribution in [2.45, 2.75) is 17.5 Å². The average Bonchev–Trinajstić information content (AvgIpc) is 3.70. The highest BCUT2D eigenvalue weighted by Gasteiger charge is 2.31. The van der Waals surface area contributed by atoms with Crippen LogP contribution in [0.25, 0.3) is 20.8 Å². The minimum absolute atomic E-state index is 0.00230. The number of nitrogens with one attached hydrogen (secondary N) is 1. The molecule has 4 heterocycles. The Bertz CT molecular complexity index is 1970. The molecule has 47 heavy (non-hydrogen) atoms.